The lowest BCUT2D eigenvalue weighted by molar-refractivity contribution is -0.144. The van der Waals surface area contributed by atoms with Crippen molar-refractivity contribution in [1.82, 2.24) is 10.3 Å². The summed E-state index contributed by atoms with van der Waals surface area (Å²) in [6.07, 6.45) is 5.04. The summed E-state index contributed by atoms with van der Waals surface area (Å²) >= 11 is 0. The molecule has 1 aliphatic carbocycles. The number of rotatable bonds is 4. The highest BCUT2D eigenvalue weighted by Crippen LogP contribution is 2.28. The predicted octanol–water partition coefficient (Wildman–Crippen LogP) is 2.25. The Bertz CT molecular complexity index is 446. The van der Waals surface area contributed by atoms with Gasteiger partial charge < -0.3 is 4.74 Å². The number of aromatic nitrogens is 1. The Morgan fingerprint density at radius 2 is 2.32 bits per heavy atom. The van der Waals surface area contributed by atoms with Crippen LogP contribution >= 0.6 is 0 Å². The topological polar surface area (TPSA) is 51.2 Å². The highest BCUT2D eigenvalue weighted by Gasteiger charge is 2.29. The number of aryl methyl sites for hydroxylation is 1. The van der Waals surface area contributed by atoms with Gasteiger partial charge in [0.1, 0.15) is 6.04 Å². The molecule has 0 aliphatic heterocycles. The molecule has 1 aromatic heterocycles. The van der Waals surface area contributed by atoms with E-state index in [1.54, 1.807) is 0 Å². The molecular weight excluding hydrogens is 240 g/mol. The van der Waals surface area contributed by atoms with Crippen molar-refractivity contribution in [2.24, 2.45) is 5.92 Å². The molecular formula is C15H22N2O2. The van der Waals surface area contributed by atoms with Crippen LogP contribution in [0, 0.1) is 5.92 Å². The van der Waals surface area contributed by atoms with Crippen molar-refractivity contribution in [1.29, 1.82) is 0 Å². The highest BCUT2D eigenvalue weighted by atomic mass is 16.5. The quantitative estimate of drug-likeness (QED) is 0.846. The maximum Gasteiger partial charge on any atom is 0.323 e. The van der Waals surface area contributed by atoms with Crippen molar-refractivity contribution in [3.63, 3.8) is 0 Å². The standard InChI is InChI=1S/C15H22N2O2/c1-10(2)13(15(18)19-3)17-12-8-4-6-11-7-5-9-16-14(11)12/h5,7,9-10,12-13,17H,4,6,8H2,1-3H3/t12?,13-/m0/s1. The van der Waals surface area contributed by atoms with Crippen LogP contribution in [0.4, 0.5) is 0 Å². The number of hydrogen-bond donors (Lipinski definition) is 1. The molecule has 0 fully saturated rings. The summed E-state index contributed by atoms with van der Waals surface area (Å²) in [7, 11) is 1.44. The minimum Gasteiger partial charge on any atom is -0.468 e. The number of hydrogen-bond acceptors (Lipinski definition) is 4. The minimum atomic E-state index is -0.275. The van der Waals surface area contributed by atoms with E-state index >= 15 is 0 Å². The van der Waals surface area contributed by atoms with Crippen molar-refractivity contribution >= 4 is 5.97 Å². The van der Waals surface area contributed by atoms with Crippen LogP contribution in [0.25, 0.3) is 0 Å². The first-order valence-electron chi connectivity index (χ1n) is 6.91. The molecule has 0 bridgehead atoms. The molecule has 0 saturated carbocycles. The summed E-state index contributed by atoms with van der Waals surface area (Å²) in [5.74, 6) is -0.000377. The molecule has 19 heavy (non-hydrogen) atoms. The third kappa shape index (κ3) is 3.13. The van der Waals surface area contributed by atoms with Crippen molar-refractivity contribution < 1.29 is 9.53 Å². The molecule has 104 valence electrons. The highest BCUT2D eigenvalue weighted by molar-refractivity contribution is 5.76. The number of ether oxygens (including phenoxy) is 1. The number of pyridine rings is 1. The Morgan fingerprint density at radius 1 is 1.53 bits per heavy atom. The molecule has 2 atom stereocenters. The van der Waals surface area contributed by atoms with Gasteiger partial charge in [-0.05, 0) is 36.8 Å². The molecule has 1 aromatic rings. The Hall–Kier alpha value is -1.42. The van der Waals surface area contributed by atoms with Gasteiger partial charge in [0.05, 0.1) is 18.8 Å². The smallest absolute Gasteiger partial charge is 0.323 e. The van der Waals surface area contributed by atoms with Crippen molar-refractivity contribution in [3.8, 4) is 0 Å². The molecule has 1 heterocycles. The van der Waals surface area contributed by atoms with E-state index in [-0.39, 0.29) is 24.0 Å². The van der Waals surface area contributed by atoms with E-state index in [2.05, 4.69) is 16.4 Å². The van der Waals surface area contributed by atoms with Gasteiger partial charge in [-0.2, -0.15) is 0 Å². The second kappa shape index (κ2) is 6.15. The largest absolute Gasteiger partial charge is 0.468 e. The van der Waals surface area contributed by atoms with E-state index in [4.69, 9.17) is 4.74 Å². The predicted molar refractivity (Wildman–Crippen MR) is 73.7 cm³/mol. The van der Waals surface area contributed by atoms with Crippen LogP contribution in [-0.4, -0.2) is 24.1 Å². The maximum absolute atomic E-state index is 11.8. The first-order valence-corrected chi connectivity index (χ1v) is 6.91. The van der Waals surface area contributed by atoms with E-state index in [1.165, 1.54) is 12.7 Å². The van der Waals surface area contributed by atoms with Crippen LogP contribution in [-0.2, 0) is 16.0 Å². The fourth-order valence-corrected chi connectivity index (χ4v) is 2.65. The zero-order chi connectivity index (χ0) is 13.8. The molecule has 1 aliphatic rings. The first kappa shape index (κ1) is 14.0. The number of carbonyl (C=O) groups excluding carboxylic acids is 1. The zero-order valence-electron chi connectivity index (χ0n) is 11.8. The van der Waals surface area contributed by atoms with E-state index in [0.717, 1.165) is 25.0 Å². The zero-order valence-corrected chi connectivity index (χ0v) is 11.8. The van der Waals surface area contributed by atoms with E-state index in [0.29, 0.717) is 0 Å². The number of nitrogens with zero attached hydrogens (tertiary/aromatic N) is 1. The summed E-state index contributed by atoms with van der Waals surface area (Å²) in [5, 5.41) is 3.43. The normalized spacial score (nSPS) is 19.9. The molecule has 0 amide bonds. The SMILES string of the molecule is COC(=O)[C@@H](NC1CCCc2cccnc21)C(C)C. The summed E-state index contributed by atoms with van der Waals surface area (Å²) in [4.78, 5) is 16.3. The number of nitrogens with one attached hydrogen (secondary N) is 1. The second-order valence-electron chi connectivity index (χ2n) is 5.40. The Morgan fingerprint density at radius 3 is 3.00 bits per heavy atom. The van der Waals surface area contributed by atoms with Gasteiger partial charge in [-0.3, -0.25) is 15.1 Å². The molecule has 1 unspecified atom stereocenters. The van der Waals surface area contributed by atoms with Gasteiger partial charge in [-0.15, -0.1) is 0 Å². The van der Waals surface area contributed by atoms with Gasteiger partial charge in [0.25, 0.3) is 0 Å². The molecule has 1 N–H and O–H groups in total. The van der Waals surface area contributed by atoms with E-state index < -0.39 is 0 Å². The van der Waals surface area contributed by atoms with Crippen molar-refractivity contribution in [2.45, 2.75) is 45.2 Å². The fraction of sp³-hybridized carbons (Fsp3) is 0.600. The van der Waals surface area contributed by atoms with Gasteiger partial charge >= 0.3 is 5.97 Å². The van der Waals surface area contributed by atoms with Crippen LogP contribution in [0.2, 0.25) is 0 Å². The number of fused-ring (bicyclic) bond motifs is 1. The van der Waals surface area contributed by atoms with Crippen LogP contribution in [0.3, 0.4) is 0 Å². The molecule has 0 radical (unpaired) electrons. The lowest BCUT2D eigenvalue weighted by atomic mass is 9.90. The number of methoxy groups -OCH3 is 1. The van der Waals surface area contributed by atoms with Crippen LogP contribution in [0.1, 0.15) is 44.0 Å². The van der Waals surface area contributed by atoms with Crippen LogP contribution in [0.15, 0.2) is 18.3 Å². The molecule has 2 rings (SSSR count). The Kier molecular flexibility index (Phi) is 4.53. The third-order valence-corrected chi connectivity index (χ3v) is 3.70. The van der Waals surface area contributed by atoms with Crippen molar-refractivity contribution in [3.05, 3.63) is 29.6 Å². The van der Waals surface area contributed by atoms with E-state index in [1.807, 2.05) is 26.1 Å². The summed E-state index contributed by atoms with van der Waals surface area (Å²) in [5.41, 5.74) is 2.38. The summed E-state index contributed by atoms with van der Waals surface area (Å²) in [6.45, 7) is 4.05. The van der Waals surface area contributed by atoms with E-state index in [9.17, 15) is 4.79 Å². The minimum absolute atomic E-state index is 0.149. The van der Waals surface area contributed by atoms with Gasteiger partial charge in [-0.25, -0.2) is 0 Å². The van der Waals surface area contributed by atoms with Crippen molar-refractivity contribution in [2.75, 3.05) is 7.11 Å². The van der Waals surface area contributed by atoms with Crippen LogP contribution in [0.5, 0.6) is 0 Å². The van der Waals surface area contributed by atoms with Gasteiger partial charge in [-0.1, -0.05) is 19.9 Å². The monoisotopic (exact) mass is 262 g/mol. The Balaban J connectivity index is 2.17. The molecule has 0 spiro atoms. The lowest BCUT2D eigenvalue weighted by Crippen LogP contribution is -2.44. The Labute approximate surface area is 114 Å². The van der Waals surface area contributed by atoms with Gasteiger partial charge in [0.2, 0.25) is 0 Å². The molecule has 4 heteroatoms. The number of esters is 1. The van der Waals surface area contributed by atoms with Gasteiger partial charge in [0, 0.05) is 6.20 Å². The average molecular weight is 262 g/mol. The first-order chi connectivity index (χ1) is 9.13. The summed E-state index contributed by atoms with van der Waals surface area (Å²) in [6, 6.07) is 3.97. The van der Waals surface area contributed by atoms with Gasteiger partial charge in [0.15, 0.2) is 0 Å². The maximum atomic E-state index is 11.8. The van der Waals surface area contributed by atoms with Crippen LogP contribution < -0.4 is 5.32 Å². The second-order valence-corrected chi connectivity index (χ2v) is 5.40. The summed E-state index contributed by atoms with van der Waals surface area (Å²) < 4.78 is 4.88. The lowest BCUT2D eigenvalue weighted by Gasteiger charge is -2.30. The third-order valence-electron chi connectivity index (χ3n) is 3.70. The molecule has 0 saturated heterocycles. The molecule has 4 nitrogen and oxygen atoms in total. The average Bonchev–Trinajstić information content (AvgIpc) is 2.43. The fourth-order valence-electron chi connectivity index (χ4n) is 2.65. The molecule has 0 aromatic carbocycles. The number of carbonyl (C=O) groups is 1.